The van der Waals surface area contributed by atoms with Crippen LogP contribution in [0.15, 0.2) is 0 Å². The second-order valence-corrected chi connectivity index (χ2v) is 3.91. The summed E-state index contributed by atoms with van der Waals surface area (Å²) >= 11 is 0. The number of carbonyl (C=O) groups is 4. The predicted molar refractivity (Wildman–Crippen MR) is 57.4 cm³/mol. The van der Waals surface area contributed by atoms with Crippen molar-refractivity contribution in [3.05, 3.63) is 0 Å². The fourth-order valence-corrected chi connectivity index (χ4v) is 1.44. The largest absolute Gasteiger partial charge is 2.00 e. The molecule has 26 heavy (non-hydrogen) atoms. The summed E-state index contributed by atoms with van der Waals surface area (Å²) in [5.41, 5.74) is 0. The molecule has 0 aliphatic carbocycles. The van der Waals surface area contributed by atoms with Gasteiger partial charge in [-0.15, -0.1) is 0 Å². The van der Waals surface area contributed by atoms with Gasteiger partial charge in [0, 0.05) is 39.3 Å². The molecule has 0 fully saturated rings. The Kier molecular flexibility index (Phi) is 56.9. The molecular weight excluding hydrogens is 542 g/mol. The Morgan fingerprint density at radius 1 is 0.538 bits per heavy atom. The predicted octanol–water partition coefficient (Wildman–Crippen LogP) is -18.9. The molecule has 10 nitrogen and oxygen atoms in total. The standard InChI is InChI=1S/C10H16N2O8.4K.2Mn.4H/c13-7(14)3-11(4-8(15)16)1-2-12(5-9(17)18)6-10(19)20;;;;;;;;;;/h1-6H2,(H,13,14)(H,15,16)(H,17,18)(H,19,20);;;;;;;;;;/q;4*+1;2*+2;4*-1/p-4. The van der Waals surface area contributed by atoms with E-state index in [1.54, 1.807) is 0 Å². The molecular formula is C10H16K4Mn2N2O8. The molecule has 0 rings (SSSR count). The average molecular weight is 559 g/mol. The molecule has 0 atom stereocenters. The summed E-state index contributed by atoms with van der Waals surface area (Å²) in [5, 5.41) is 41.6. The number of hydrogen-bond acceptors (Lipinski definition) is 10. The quantitative estimate of drug-likeness (QED) is 0.222. The number of carboxylic acid groups (broad SMARTS) is 4. The number of carbonyl (C=O) groups excluding carboxylic acids is 4. The van der Waals surface area contributed by atoms with Gasteiger partial charge in [0.1, 0.15) is 0 Å². The molecule has 0 amide bonds. The monoisotopic (exact) mass is 558 g/mol. The third-order valence-corrected chi connectivity index (χ3v) is 2.14. The van der Waals surface area contributed by atoms with Crippen LogP contribution in [0.4, 0.5) is 0 Å². The van der Waals surface area contributed by atoms with E-state index >= 15 is 0 Å². The van der Waals surface area contributed by atoms with E-state index in [1.165, 1.54) is 0 Å². The Morgan fingerprint density at radius 2 is 0.692 bits per heavy atom. The molecule has 16 heteroatoms. The fraction of sp³-hybridized carbons (Fsp3) is 0.600. The third kappa shape index (κ3) is 34.0. The van der Waals surface area contributed by atoms with Crippen LogP contribution < -0.4 is 226 Å². The van der Waals surface area contributed by atoms with Crippen molar-refractivity contribution >= 4 is 23.9 Å². The number of aliphatic carboxylic acids is 4. The molecule has 0 aliphatic heterocycles. The smallest absolute Gasteiger partial charge is 1.00 e. The van der Waals surface area contributed by atoms with Crippen LogP contribution in [-0.2, 0) is 53.3 Å². The van der Waals surface area contributed by atoms with Crippen LogP contribution in [-0.4, -0.2) is 72.9 Å². The maximum atomic E-state index is 10.4. The molecule has 0 aliphatic rings. The fourth-order valence-electron chi connectivity index (χ4n) is 1.44. The van der Waals surface area contributed by atoms with E-state index in [-0.39, 0.29) is 258 Å². The molecule has 2 radical (unpaired) electrons. The first-order valence-corrected chi connectivity index (χ1v) is 5.44. The van der Waals surface area contributed by atoms with E-state index in [9.17, 15) is 39.6 Å². The van der Waals surface area contributed by atoms with Gasteiger partial charge in [-0.3, -0.25) is 9.80 Å². The van der Waals surface area contributed by atoms with E-state index in [0.717, 1.165) is 9.80 Å². The van der Waals surface area contributed by atoms with Gasteiger partial charge < -0.3 is 45.3 Å². The zero-order valence-electron chi connectivity index (χ0n) is 19.2. The number of rotatable bonds is 11. The average Bonchev–Trinajstić information content (AvgIpc) is 2.22. The Hall–Kier alpha value is 5.38. The minimum Gasteiger partial charge on any atom is -1.00 e. The first kappa shape index (κ1) is 48.7. The van der Waals surface area contributed by atoms with E-state index in [1.807, 2.05) is 0 Å². The van der Waals surface area contributed by atoms with Crippen LogP contribution in [0, 0.1) is 0 Å². The van der Waals surface area contributed by atoms with Crippen LogP contribution >= 0.6 is 0 Å². The van der Waals surface area contributed by atoms with Gasteiger partial charge >= 0.3 is 240 Å². The summed E-state index contributed by atoms with van der Waals surface area (Å²) in [4.78, 5) is 43.4. The number of nitrogens with zero attached hydrogens (tertiary/aromatic N) is 2. The minimum atomic E-state index is -1.53. The summed E-state index contributed by atoms with van der Waals surface area (Å²) in [6.07, 6.45) is 0. The van der Waals surface area contributed by atoms with Gasteiger partial charge in [-0.25, -0.2) is 0 Å². The maximum Gasteiger partial charge on any atom is 2.00 e. The van der Waals surface area contributed by atoms with E-state index < -0.39 is 50.1 Å². The first-order valence-electron chi connectivity index (χ1n) is 5.44. The zero-order chi connectivity index (χ0) is 15.7. The molecule has 0 heterocycles. The summed E-state index contributed by atoms with van der Waals surface area (Å²) in [5.74, 6) is -6.12. The van der Waals surface area contributed by atoms with Gasteiger partial charge in [-0.1, -0.05) is 0 Å². The Morgan fingerprint density at radius 3 is 0.808 bits per heavy atom. The normalized spacial score (nSPS) is 8.23. The molecule has 0 spiro atoms. The molecule has 0 aromatic carbocycles. The summed E-state index contributed by atoms with van der Waals surface area (Å²) in [6.45, 7) is -3.25. The topological polar surface area (TPSA) is 167 Å². The molecule has 132 valence electrons. The Balaban J connectivity index is -0.0000000401. The molecule has 0 unspecified atom stereocenters. The van der Waals surface area contributed by atoms with Crippen LogP contribution in [0.3, 0.4) is 0 Å². The van der Waals surface area contributed by atoms with Crippen molar-refractivity contribution in [3.63, 3.8) is 0 Å². The van der Waals surface area contributed by atoms with Gasteiger partial charge in [0.05, 0.1) is 23.9 Å². The number of hydrogen-bond donors (Lipinski definition) is 0. The van der Waals surface area contributed by atoms with Crippen LogP contribution in [0.1, 0.15) is 5.71 Å². The van der Waals surface area contributed by atoms with E-state index in [4.69, 9.17) is 0 Å². The number of carboxylic acids is 4. The molecule has 0 N–H and O–H groups in total. The second-order valence-electron chi connectivity index (χ2n) is 3.91. The van der Waals surface area contributed by atoms with Crippen molar-refractivity contribution in [3.8, 4) is 0 Å². The molecule has 0 bridgehead atoms. The molecule has 0 saturated carbocycles. The second kappa shape index (κ2) is 30.4. The summed E-state index contributed by atoms with van der Waals surface area (Å²) < 4.78 is 0. The van der Waals surface area contributed by atoms with Gasteiger partial charge in [0.2, 0.25) is 0 Å². The van der Waals surface area contributed by atoms with Crippen LogP contribution in [0.2, 0.25) is 0 Å². The Labute approximate surface area is 348 Å². The summed E-state index contributed by atoms with van der Waals surface area (Å²) in [7, 11) is 0. The molecule has 0 aromatic rings. The third-order valence-electron chi connectivity index (χ3n) is 2.14. The molecule has 0 saturated heterocycles. The van der Waals surface area contributed by atoms with Gasteiger partial charge in [-0.2, -0.15) is 0 Å². The van der Waals surface area contributed by atoms with Crippen LogP contribution in [0.25, 0.3) is 0 Å². The van der Waals surface area contributed by atoms with Crippen molar-refractivity contribution in [2.24, 2.45) is 0 Å². The first-order chi connectivity index (χ1) is 9.20. The maximum absolute atomic E-state index is 10.4. The molecule has 0 aromatic heterocycles. The van der Waals surface area contributed by atoms with E-state index in [2.05, 4.69) is 0 Å². The van der Waals surface area contributed by atoms with Crippen molar-refractivity contribution in [2.75, 3.05) is 39.3 Å². The SMILES string of the molecule is O=C([O-])CN(CCN(CC(=O)[O-])CC(=O)[O-])CC(=O)[O-].[H-].[H-].[H-].[H-].[K+].[K+].[K+].[K+].[Mn+2].[Mn+2]. The van der Waals surface area contributed by atoms with Gasteiger partial charge in [0.25, 0.3) is 0 Å². The van der Waals surface area contributed by atoms with Crippen molar-refractivity contribution in [2.45, 2.75) is 0 Å². The van der Waals surface area contributed by atoms with Crippen LogP contribution in [0.5, 0.6) is 0 Å². The van der Waals surface area contributed by atoms with E-state index in [0.29, 0.717) is 0 Å². The van der Waals surface area contributed by atoms with Crippen molar-refractivity contribution in [1.29, 1.82) is 0 Å². The van der Waals surface area contributed by atoms with Crippen molar-refractivity contribution < 1.29 is 285 Å². The summed E-state index contributed by atoms with van der Waals surface area (Å²) in [6, 6.07) is 0. The Bertz CT molecular complexity index is 358. The minimum absolute atomic E-state index is 0. The van der Waals surface area contributed by atoms with Crippen molar-refractivity contribution in [1.82, 2.24) is 9.80 Å². The zero-order valence-corrected chi connectivity index (χ0v) is 30.0. The van der Waals surface area contributed by atoms with Gasteiger partial charge in [-0.05, 0) is 0 Å². The van der Waals surface area contributed by atoms with Gasteiger partial charge in [0.15, 0.2) is 0 Å².